The number of nitrogens with one attached hydrogen (secondary N) is 3. The summed E-state index contributed by atoms with van der Waals surface area (Å²) in [6.07, 6.45) is 23.1. The minimum atomic E-state index is -0.0782. The van der Waals surface area contributed by atoms with E-state index in [0.29, 0.717) is 6.42 Å². The molecule has 51 heavy (non-hydrogen) atoms. The second-order valence-corrected chi connectivity index (χ2v) is 14.9. The van der Waals surface area contributed by atoms with E-state index in [0.717, 1.165) is 77.9 Å². The van der Waals surface area contributed by atoms with Gasteiger partial charge in [-0.25, -0.2) is 0 Å². The Bertz CT molecular complexity index is 1560. The molecule has 2 aromatic rings. The van der Waals surface area contributed by atoms with Crippen LogP contribution in [0.25, 0.3) is 0 Å². The van der Waals surface area contributed by atoms with E-state index in [1.54, 1.807) is 0 Å². The molecular formula is C44H65N6O+. The molecule has 0 saturated carbocycles. The van der Waals surface area contributed by atoms with E-state index in [9.17, 15) is 4.79 Å². The number of rotatable bonds is 22. The van der Waals surface area contributed by atoms with Gasteiger partial charge in [-0.3, -0.25) is 4.79 Å². The minimum Gasteiger partial charge on any atom is -0.356 e. The predicted octanol–water partition coefficient (Wildman–Crippen LogP) is 7.42. The third-order valence-corrected chi connectivity index (χ3v) is 10.3. The summed E-state index contributed by atoms with van der Waals surface area (Å²) in [5.41, 5.74) is 13.4. The lowest BCUT2D eigenvalue weighted by atomic mass is 9.81. The third-order valence-electron chi connectivity index (χ3n) is 10.3. The van der Waals surface area contributed by atoms with Crippen LogP contribution in [0.4, 0.5) is 11.4 Å². The molecule has 0 bridgehead atoms. The van der Waals surface area contributed by atoms with Crippen molar-refractivity contribution in [1.82, 2.24) is 16.0 Å². The van der Waals surface area contributed by atoms with Crippen molar-refractivity contribution >= 4 is 23.0 Å². The highest BCUT2D eigenvalue weighted by molar-refractivity contribution is 6.03. The zero-order chi connectivity index (χ0) is 36.5. The maximum absolute atomic E-state index is 12.4. The van der Waals surface area contributed by atoms with Gasteiger partial charge in [0.05, 0.1) is 5.41 Å². The molecule has 5 N–H and O–H groups in total. The van der Waals surface area contributed by atoms with Gasteiger partial charge in [0.25, 0.3) is 0 Å². The molecule has 0 fully saturated rings. The first-order valence-electron chi connectivity index (χ1n) is 19.4. The van der Waals surface area contributed by atoms with E-state index in [1.807, 2.05) is 0 Å². The minimum absolute atomic E-state index is 0.0186. The number of nitrogens with zero attached hydrogens (tertiary/aromatic N) is 2. The van der Waals surface area contributed by atoms with E-state index < -0.39 is 0 Å². The van der Waals surface area contributed by atoms with Crippen molar-refractivity contribution < 1.29 is 9.37 Å². The largest absolute Gasteiger partial charge is 0.356 e. The summed E-state index contributed by atoms with van der Waals surface area (Å²) in [6.45, 7) is 15.7. The summed E-state index contributed by atoms with van der Waals surface area (Å²) in [6, 6.07) is 17.5. The van der Waals surface area contributed by atoms with Gasteiger partial charge in [-0.05, 0) is 103 Å². The molecule has 0 radical (unpaired) electrons. The molecular weight excluding hydrogens is 629 g/mol. The molecule has 0 spiro atoms. The Labute approximate surface area is 308 Å². The van der Waals surface area contributed by atoms with Gasteiger partial charge in [-0.1, -0.05) is 80.6 Å². The summed E-state index contributed by atoms with van der Waals surface area (Å²) in [7, 11) is 2.16. The van der Waals surface area contributed by atoms with E-state index in [2.05, 4.69) is 151 Å². The number of anilines is 1. The number of para-hydroxylation sites is 2. The van der Waals surface area contributed by atoms with Gasteiger partial charge in [0.1, 0.15) is 6.54 Å². The maximum Gasteiger partial charge on any atom is 0.219 e. The number of hydrogen-bond donors (Lipinski definition) is 4. The molecule has 2 aliphatic heterocycles. The van der Waals surface area contributed by atoms with Crippen LogP contribution in [0.3, 0.4) is 0 Å². The Morgan fingerprint density at radius 1 is 0.725 bits per heavy atom. The average Bonchev–Trinajstić information content (AvgIpc) is 3.45. The van der Waals surface area contributed by atoms with Gasteiger partial charge >= 0.3 is 0 Å². The summed E-state index contributed by atoms with van der Waals surface area (Å²) >= 11 is 0. The van der Waals surface area contributed by atoms with Crippen molar-refractivity contribution in [2.45, 2.75) is 89.9 Å². The quantitative estimate of drug-likeness (QED) is 0.0587. The van der Waals surface area contributed by atoms with E-state index in [1.165, 1.54) is 46.8 Å². The highest BCUT2D eigenvalue weighted by Gasteiger charge is 2.43. The SMILES string of the molecule is CN1/C(=C/C=C/C=C/C=C/C2=[N+](CCCCCC(=O)NCCCNCCCCNCCCN)c3ccccc3C2(C)C)C(C)(C)c2ccccc21. The lowest BCUT2D eigenvalue weighted by molar-refractivity contribution is -0.438. The summed E-state index contributed by atoms with van der Waals surface area (Å²) in [4.78, 5) is 14.7. The molecule has 7 nitrogen and oxygen atoms in total. The lowest BCUT2D eigenvalue weighted by Gasteiger charge is -2.23. The molecule has 276 valence electrons. The number of carbonyl (C=O) groups is 1. The number of nitrogens with two attached hydrogens (primary N) is 1. The van der Waals surface area contributed by atoms with Crippen LogP contribution in [-0.4, -0.2) is 69.1 Å². The number of likely N-dealkylation sites (N-methyl/N-ethyl adjacent to an activating group) is 1. The molecule has 0 aromatic heterocycles. The van der Waals surface area contributed by atoms with Crippen LogP contribution in [0.15, 0.2) is 96.8 Å². The number of amides is 1. The number of fused-ring (bicyclic) bond motifs is 2. The molecule has 2 heterocycles. The standard InChI is InChI=1S/C44H64N6O/c1-43(2)36-22-13-15-24-38(36)49(5)40(43)26-10-7-6-8-11-27-41-44(3,4)37-23-14-16-25-39(37)50(41)35-19-9-12-28-42(51)48-34-21-33-47-31-18-17-30-46-32-20-29-45/h6-8,10-11,13-16,22-27,46-47H,9,12,17-21,28-35,45H2,1-5H3/p+1. The van der Waals surface area contributed by atoms with Gasteiger partial charge in [0.2, 0.25) is 11.6 Å². The molecule has 0 unspecified atom stereocenters. The first-order chi connectivity index (χ1) is 24.7. The second kappa shape index (κ2) is 20.3. The van der Waals surface area contributed by atoms with Gasteiger partial charge in [0, 0.05) is 60.9 Å². The van der Waals surface area contributed by atoms with Crippen LogP contribution in [0.2, 0.25) is 0 Å². The van der Waals surface area contributed by atoms with Crippen molar-refractivity contribution in [1.29, 1.82) is 0 Å². The normalized spacial score (nSPS) is 17.1. The first-order valence-corrected chi connectivity index (χ1v) is 19.4. The van der Waals surface area contributed by atoms with E-state index >= 15 is 0 Å². The van der Waals surface area contributed by atoms with Gasteiger partial charge in [0.15, 0.2) is 5.71 Å². The van der Waals surface area contributed by atoms with E-state index in [4.69, 9.17) is 5.73 Å². The van der Waals surface area contributed by atoms with Crippen LogP contribution < -0.4 is 26.6 Å². The highest BCUT2D eigenvalue weighted by atomic mass is 16.1. The Morgan fingerprint density at radius 3 is 2.12 bits per heavy atom. The number of allylic oxidation sites excluding steroid dienone is 8. The molecule has 7 heteroatoms. The molecule has 0 saturated heterocycles. The Hall–Kier alpha value is -3.78. The Balaban J connectivity index is 1.20. The number of carbonyl (C=O) groups excluding carboxylic acids is 1. The third kappa shape index (κ3) is 11.1. The van der Waals surface area contributed by atoms with Gasteiger partial charge < -0.3 is 26.6 Å². The number of benzene rings is 2. The average molecular weight is 694 g/mol. The van der Waals surface area contributed by atoms with Crippen molar-refractivity contribution in [3.8, 4) is 0 Å². The summed E-state index contributed by atoms with van der Waals surface area (Å²) in [5.74, 6) is 0.169. The first kappa shape index (κ1) is 40.0. The second-order valence-electron chi connectivity index (χ2n) is 14.9. The van der Waals surface area contributed by atoms with Crippen molar-refractivity contribution in [2.75, 3.05) is 57.8 Å². The lowest BCUT2D eigenvalue weighted by Crippen LogP contribution is -2.28. The zero-order valence-corrected chi connectivity index (χ0v) is 32.1. The van der Waals surface area contributed by atoms with E-state index in [-0.39, 0.29) is 16.7 Å². The fourth-order valence-electron chi connectivity index (χ4n) is 7.41. The van der Waals surface area contributed by atoms with Crippen LogP contribution in [0.1, 0.15) is 90.2 Å². The summed E-state index contributed by atoms with van der Waals surface area (Å²) < 4.78 is 2.49. The molecule has 1 amide bonds. The van der Waals surface area contributed by atoms with Gasteiger partial charge in [-0.2, -0.15) is 4.58 Å². The topological polar surface area (TPSA) is 85.4 Å². The predicted molar refractivity (Wildman–Crippen MR) is 217 cm³/mol. The highest BCUT2D eigenvalue weighted by Crippen LogP contribution is 2.46. The molecule has 0 atom stereocenters. The van der Waals surface area contributed by atoms with Crippen molar-refractivity contribution in [2.24, 2.45) is 5.73 Å². The van der Waals surface area contributed by atoms with Crippen molar-refractivity contribution in [3.63, 3.8) is 0 Å². The molecule has 4 rings (SSSR count). The molecule has 0 aliphatic carbocycles. The monoisotopic (exact) mass is 694 g/mol. The Kier molecular flexibility index (Phi) is 15.9. The number of unbranched alkanes of at least 4 members (excludes halogenated alkanes) is 3. The van der Waals surface area contributed by atoms with Crippen LogP contribution in [0.5, 0.6) is 0 Å². The molecule has 2 aliphatic rings. The summed E-state index contributed by atoms with van der Waals surface area (Å²) in [5, 5.41) is 10.0. The van der Waals surface area contributed by atoms with Crippen LogP contribution >= 0.6 is 0 Å². The van der Waals surface area contributed by atoms with Crippen molar-refractivity contribution in [3.05, 3.63) is 108 Å². The smallest absolute Gasteiger partial charge is 0.219 e. The fourth-order valence-corrected chi connectivity index (χ4v) is 7.41. The van der Waals surface area contributed by atoms with Gasteiger partial charge in [-0.15, -0.1) is 0 Å². The fraction of sp³-hybridized carbons (Fsp3) is 0.500. The van der Waals surface area contributed by atoms with Crippen LogP contribution in [-0.2, 0) is 15.6 Å². The number of hydrogen-bond acceptors (Lipinski definition) is 5. The molecule has 2 aromatic carbocycles. The van der Waals surface area contributed by atoms with Crippen LogP contribution in [0, 0.1) is 0 Å². The maximum atomic E-state index is 12.4. The zero-order valence-electron chi connectivity index (χ0n) is 32.1. The Morgan fingerprint density at radius 2 is 1.37 bits per heavy atom.